The fourth-order valence-corrected chi connectivity index (χ4v) is 5.69. The Morgan fingerprint density at radius 3 is 2.94 bits per heavy atom. The second kappa shape index (κ2) is 10.8. The number of aryl methyl sites for hydroxylation is 1. The second-order valence-corrected chi connectivity index (χ2v) is 9.91. The van der Waals surface area contributed by atoms with Crippen LogP contribution >= 0.6 is 23.1 Å². The number of rotatable bonds is 11. The molecule has 3 aromatic heterocycles. The summed E-state index contributed by atoms with van der Waals surface area (Å²) in [5.74, 6) is 1.29. The molecular weight excluding hydrogens is 444 g/mol. The maximum atomic E-state index is 13.1. The number of nitrogens with zero attached hydrogens (tertiary/aromatic N) is 4. The lowest BCUT2D eigenvalue weighted by Crippen LogP contribution is -2.17. The van der Waals surface area contributed by atoms with Gasteiger partial charge in [-0.15, -0.1) is 21.5 Å². The van der Waals surface area contributed by atoms with Crippen LogP contribution in [0.4, 0.5) is 0 Å². The zero-order valence-electron chi connectivity index (χ0n) is 18.9. The number of ketones is 1. The lowest BCUT2D eigenvalue weighted by Gasteiger charge is -2.14. The summed E-state index contributed by atoms with van der Waals surface area (Å²) in [6.07, 6.45) is 3.22. The highest BCUT2D eigenvalue weighted by molar-refractivity contribution is 7.99. The number of carbonyl (C=O) groups excluding carboxylic acids is 1. The summed E-state index contributed by atoms with van der Waals surface area (Å²) < 4.78 is 15.3. The maximum absolute atomic E-state index is 13.1. The first-order chi connectivity index (χ1) is 15.6. The van der Waals surface area contributed by atoms with E-state index in [1.807, 2.05) is 24.4 Å². The van der Waals surface area contributed by atoms with Gasteiger partial charge in [-0.3, -0.25) is 9.36 Å². The van der Waals surface area contributed by atoms with Crippen molar-refractivity contribution in [3.63, 3.8) is 0 Å². The largest absolute Gasteiger partial charge is 0.385 e. The molecular formula is C23H30N4O3S2. The van der Waals surface area contributed by atoms with Gasteiger partial charge in [0.25, 0.3) is 0 Å². The minimum atomic E-state index is 0.116. The number of hydrogen-bond acceptors (Lipinski definition) is 7. The molecule has 1 saturated heterocycles. The summed E-state index contributed by atoms with van der Waals surface area (Å²) in [6, 6.07) is 6.07. The van der Waals surface area contributed by atoms with E-state index in [2.05, 4.69) is 32.3 Å². The summed E-state index contributed by atoms with van der Waals surface area (Å²) in [4.78, 5) is 14.2. The van der Waals surface area contributed by atoms with Gasteiger partial charge in [0.05, 0.1) is 23.3 Å². The predicted octanol–water partition coefficient (Wildman–Crippen LogP) is 4.62. The van der Waals surface area contributed by atoms with Crippen LogP contribution in [0, 0.1) is 13.8 Å². The third kappa shape index (κ3) is 5.17. The number of Topliss-reactive ketones (excluding diaryl/α,β-unsaturated/α-hetero) is 1. The molecule has 4 rings (SSSR count). The normalized spacial score (nSPS) is 16.2. The van der Waals surface area contributed by atoms with Crippen LogP contribution in [0.1, 0.15) is 41.0 Å². The highest BCUT2D eigenvalue weighted by Crippen LogP contribution is 2.29. The van der Waals surface area contributed by atoms with E-state index in [0.29, 0.717) is 18.9 Å². The Morgan fingerprint density at radius 2 is 2.22 bits per heavy atom. The highest BCUT2D eigenvalue weighted by atomic mass is 32.2. The minimum Gasteiger partial charge on any atom is -0.385 e. The molecule has 0 spiro atoms. The Morgan fingerprint density at radius 1 is 1.34 bits per heavy atom. The van der Waals surface area contributed by atoms with Crippen LogP contribution in [-0.2, 0) is 22.6 Å². The van der Waals surface area contributed by atoms with Gasteiger partial charge in [0, 0.05) is 43.8 Å². The number of thioether (sulfide) groups is 1. The van der Waals surface area contributed by atoms with Gasteiger partial charge >= 0.3 is 0 Å². The van der Waals surface area contributed by atoms with Gasteiger partial charge < -0.3 is 14.0 Å². The van der Waals surface area contributed by atoms with Gasteiger partial charge in [-0.2, -0.15) is 0 Å². The van der Waals surface area contributed by atoms with E-state index in [9.17, 15) is 4.79 Å². The molecule has 4 heterocycles. The second-order valence-electron chi connectivity index (χ2n) is 8.02. The molecule has 9 heteroatoms. The van der Waals surface area contributed by atoms with Crippen LogP contribution in [0.25, 0.3) is 10.7 Å². The lowest BCUT2D eigenvalue weighted by molar-refractivity contribution is 0.0953. The molecule has 3 aromatic rings. The molecule has 172 valence electrons. The van der Waals surface area contributed by atoms with Crippen LogP contribution in [0.15, 0.2) is 28.7 Å². The maximum Gasteiger partial charge on any atom is 0.192 e. The quantitative estimate of drug-likeness (QED) is 0.230. The van der Waals surface area contributed by atoms with E-state index in [1.165, 1.54) is 11.8 Å². The summed E-state index contributed by atoms with van der Waals surface area (Å²) in [5, 5.41) is 11.7. The molecule has 0 aliphatic carbocycles. The minimum absolute atomic E-state index is 0.116. The number of ether oxygens (including phenoxy) is 2. The van der Waals surface area contributed by atoms with Crippen LogP contribution in [0.5, 0.6) is 0 Å². The average molecular weight is 475 g/mol. The van der Waals surface area contributed by atoms with Gasteiger partial charge in [-0.1, -0.05) is 17.8 Å². The van der Waals surface area contributed by atoms with Crippen molar-refractivity contribution >= 4 is 28.9 Å². The van der Waals surface area contributed by atoms with Crippen molar-refractivity contribution in [1.82, 2.24) is 19.3 Å². The summed E-state index contributed by atoms with van der Waals surface area (Å²) in [6.45, 7) is 7.16. The molecule has 1 aliphatic heterocycles. The topological polar surface area (TPSA) is 71.2 Å². The Labute approximate surface area is 197 Å². The van der Waals surface area contributed by atoms with Crippen LogP contribution in [0.2, 0.25) is 0 Å². The summed E-state index contributed by atoms with van der Waals surface area (Å²) in [7, 11) is 1.71. The van der Waals surface area contributed by atoms with E-state index >= 15 is 0 Å². The summed E-state index contributed by atoms with van der Waals surface area (Å²) in [5.41, 5.74) is 2.91. The molecule has 32 heavy (non-hydrogen) atoms. The smallest absolute Gasteiger partial charge is 0.192 e. The fraction of sp³-hybridized carbons (Fsp3) is 0.522. The van der Waals surface area contributed by atoms with Gasteiger partial charge in [-0.25, -0.2) is 0 Å². The van der Waals surface area contributed by atoms with Crippen LogP contribution < -0.4 is 0 Å². The van der Waals surface area contributed by atoms with Crippen LogP contribution in [-0.4, -0.2) is 57.3 Å². The van der Waals surface area contributed by atoms with Gasteiger partial charge in [0.2, 0.25) is 0 Å². The Hall–Kier alpha value is -1.94. The van der Waals surface area contributed by atoms with Crippen molar-refractivity contribution in [3.05, 3.63) is 40.5 Å². The Kier molecular flexibility index (Phi) is 7.83. The first kappa shape index (κ1) is 23.2. The van der Waals surface area contributed by atoms with Crippen molar-refractivity contribution in [3.8, 4) is 10.7 Å². The standard InChI is InChI=1S/C23H30N4O3S2/c1-16-13-19(17(2)26(16)9-6-10-29-3)20(28)15-32-23-25-24-22(21-8-5-12-31-21)27(23)14-18-7-4-11-30-18/h5,8,12-13,18H,4,6-7,9-11,14-15H2,1-3H3. The Balaban J connectivity index is 1.49. The zero-order valence-corrected chi connectivity index (χ0v) is 20.5. The molecule has 0 radical (unpaired) electrons. The number of hydrogen-bond donors (Lipinski definition) is 0. The number of methoxy groups -OCH3 is 1. The van der Waals surface area contributed by atoms with Gasteiger partial charge in [0.1, 0.15) is 0 Å². The van der Waals surface area contributed by atoms with E-state index < -0.39 is 0 Å². The summed E-state index contributed by atoms with van der Waals surface area (Å²) >= 11 is 3.10. The molecule has 7 nitrogen and oxygen atoms in total. The average Bonchev–Trinajstić information content (AvgIpc) is 3.57. The SMILES string of the molecule is COCCCn1c(C)cc(C(=O)CSc2nnc(-c3cccs3)n2CC2CCCO2)c1C. The first-order valence-corrected chi connectivity index (χ1v) is 12.9. The third-order valence-corrected chi connectivity index (χ3v) is 7.64. The third-order valence-electron chi connectivity index (χ3n) is 5.81. The van der Waals surface area contributed by atoms with E-state index in [-0.39, 0.29) is 11.9 Å². The molecule has 0 saturated carbocycles. The van der Waals surface area contributed by atoms with Crippen LogP contribution in [0.3, 0.4) is 0 Å². The van der Waals surface area contributed by atoms with Gasteiger partial charge in [-0.05, 0) is 50.6 Å². The van der Waals surface area contributed by atoms with E-state index in [4.69, 9.17) is 9.47 Å². The van der Waals surface area contributed by atoms with E-state index in [1.54, 1.807) is 18.4 Å². The highest BCUT2D eigenvalue weighted by Gasteiger charge is 2.23. The molecule has 1 fully saturated rings. The number of aromatic nitrogens is 4. The molecule has 0 N–H and O–H groups in total. The molecule has 0 bridgehead atoms. The monoisotopic (exact) mass is 474 g/mol. The van der Waals surface area contributed by atoms with Crippen molar-refractivity contribution in [2.45, 2.75) is 57.5 Å². The number of thiophene rings is 1. The van der Waals surface area contributed by atoms with Crippen molar-refractivity contribution in [1.29, 1.82) is 0 Å². The lowest BCUT2D eigenvalue weighted by atomic mass is 10.2. The van der Waals surface area contributed by atoms with Gasteiger partial charge in [0.15, 0.2) is 16.8 Å². The predicted molar refractivity (Wildman–Crippen MR) is 128 cm³/mol. The zero-order chi connectivity index (χ0) is 22.5. The fourth-order valence-electron chi connectivity index (χ4n) is 4.14. The number of carbonyl (C=O) groups is 1. The van der Waals surface area contributed by atoms with Crippen molar-refractivity contribution in [2.24, 2.45) is 0 Å². The molecule has 1 aliphatic rings. The molecule has 1 atom stereocenters. The first-order valence-electron chi connectivity index (χ1n) is 11.0. The molecule has 0 amide bonds. The van der Waals surface area contributed by atoms with Crippen molar-refractivity contribution < 1.29 is 14.3 Å². The molecule has 1 unspecified atom stereocenters. The van der Waals surface area contributed by atoms with Crippen molar-refractivity contribution in [2.75, 3.05) is 26.1 Å². The Bertz CT molecular complexity index is 1040. The molecule has 0 aromatic carbocycles. The van der Waals surface area contributed by atoms with E-state index in [0.717, 1.165) is 65.2 Å².